The molecule has 1 aliphatic heterocycles. The number of fused-ring (bicyclic) bond motifs is 1. The van der Waals surface area contributed by atoms with E-state index in [4.69, 9.17) is 5.73 Å². The van der Waals surface area contributed by atoms with Gasteiger partial charge >= 0.3 is 0 Å². The Morgan fingerprint density at radius 1 is 1.15 bits per heavy atom. The molecule has 0 fully saturated rings. The van der Waals surface area contributed by atoms with Gasteiger partial charge < -0.3 is 5.73 Å². The second-order valence-corrected chi connectivity index (χ2v) is 4.60. The Hall–Kier alpha value is -2.76. The average molecular weight is 268 g/mol. The number of carbonyl (C=O) groups is 2. The van der Waals surface area contributed by atoms with Crippen LogP contribution in [0.15, 0.2) is 30.5 Å². The van der Waals surface area contributed by atoms with Crippen molar-refractivity contribution in [2.24, 2.45) is 0 Å². The van der Waals surface area contributed by atoms with E-state index in [0.29, 0.717) is 28.3 Å². The zero-order valence-electron chi connectivity index (χ0n) is 10.8. The Bertz CT molecular complexity index is 727. The molecule has 2 aromatic rings. The van der Waals surface area contributed by atoms with Crippen LogP contribution in [0.4, 0.5) is 5.69 Å². The Balaban J connectivity index is 1.94. The lowest BCUT2D eigenvalue weighted by molar-refractivity contribution is 0.0640. The maximum Gasteiger partial charge on any atom is 0.261 e. The van der Waals surface area contributed by atoms with Crippen molar-refractivity contribution in [3.8, 4) is 0 Å². The predicted molar refractivity (Wildman–Crippen MR) is 71.8 cm³/mol. The SMILES string of the molecule is Cc1nccc(CN2C(=O)c3ccc(N)cc3C2=O)n1. The number of imide groups is 1. The maximum absolute atomic E-state index is 12.3. The summed E-state index contributed by atoms with van der Waals surface area (Å²) < 4.78 is 0. The smallest absolute Gasteiger partial charge is 0.261 e. The normalized spacial score (nSPS) is 13.8. The monoisotopic (exact) mass is 268 g/mol. The van der Waals surface area contributed by atoms with E-state index >= 15 is 0 Å². The van der Waals surface area contributed by atoms with Crippen molar-refractivity contribution in [1.82, 2.24) is 14.9 Å². The van der Waals surface area contributed by atoms with Gasteiger partial charge in [-0.3, -0.25) is 14.5 Å². The molecule has 0 saturated heterocycles. The molecule has 2 N–H and O–H groups in total. The maximum atomic E-state index is 12.3. The molecule has 3 rings (SSSR count). The summed E-state index contributed by atoms with van der Waals surface area (Å²) >= 11 is 0. The zero-order valence-corrected chi connectivity index (χ0v) is 10.8. The number of benzene rings is 1. The number of hydrogen-bond donors (Lipinski definition) is 1. The van der Waals surface area contributed by atoms with E-state index in [9.17, 15) is 9.59 Å². The molecule has 20 heavy (non-hydrogen) atoms. The lowest BCUT2D eigenvalue weighted by Gasteiger charge is -2.13. The first kappa shape index (κ1) is 12.3. The highest BCUT2D eigenvalue weighted by Gasteiger charge is 2.35. The summed E-state index contributed by atoms with van der Waals surface area (Å²) in [5.74, 6) is -0.0572. The van der Waals surface area contributed by atoms with Crippen LogP contribution in [0.25, 0.3) is 0 Å². The third kappa shape index (κ3) is 1.91. The van der Waals surface area contributed by atoms with Crippen molar-refractivity contribution >= 4 is 17.5 Å². The van der Waals surface area contributed by atoms with Crippen molar-refractivity contribution in [3.05, 3.63) is 53.1 Å². The number of aromatic nitrogens is 2. The predicted octanol–water partition coefficient (Wildman–Crippen LogP) is 1.16. The molecule has 2 amide bonds. The molecule has 0 bridgehead atoms. The fourth-order valence-corrected chi connectivity index (χ4v) is 2.21. The summed E-state index contributed by atoms with van der Waals surface area (Å²) in [5.41, 5.74) is 7.47. The second-order valence-electron chi connectivity index (χ2n) is 4.60. The number of aryl methyl sites for hydroxylation is 1. The molecule has 6 heteroatoms. The number of nitrogens with zero attached hydrogens (tertiary/aromatic N) is 3. The van der Waals surface area contributed by atoms with Gasteiger partial charge in [0, 0.05) is 11.9 Å². The van der Waals surface area contributed by atoms with Crippen molar-refractivity contribution in [2.45, 2.75) is 13.5 Å². The summed E-state index contributed by atoms with van der Waals surface area (Å²) in [6.07, 6.45) is 1.60. The van der Waals surface area contributed by atoms with Crippen molar-refractivity contribution in [2.75, 3.05) is 5.73 Å². The van der Waals surface area contributed by atoms with E-state index in [2.05, 4.69) is 9.97 Å². The largest absolute Gasteiger partial charge is 0.399 e. The lowest BCUT2D eigenvalue weighted by atomic mass is 10.1. The Labute approximate surface area is 115 Å². The van der Waals surface area contributed by atoms with Gasteiger partial charge in [0.05, 0.1) is 23.4 Å². The zero-order chi connectivity index (χ0) is 14.3. The van der Waals surface area contributed by atoms with Gasteiger partial charge in [-0.1, -0.05) is 0 Å². The number of rotatable bonds is 2. The number of amides is 2. The van der Waals surface area contributed by atoms with Gasteiger partial charge in [0.1, 0.15) is 5.82 Å². The van der Waals surface area contributed by atoms with Crippen LogP contribution in [-0.4, -0.2) is 26.7 Å². The molecule has 1 aromatic carbocycles. The van der Waals surface area contributed by atoms with E-state index in [0.717, 1.165) is 0 Å². The summed E-state index contributed by atoms with van der Waals surface area (Å²) in [7, 11) is 0. The van der Waals surface area contributed by atoms with E-state index < -0.39 is 0 Å². The average Bonchev–Trinajstić information content (AvgIpc) is 2.64. The highest BCUT2D eigenvalue weighted by atomic mass is 16.2. The first-order chi connectivity index (χ1) is 9.56. The summed E-state index contributed by atoms with van der Waals surface area (Å²) in [4.78, 5) is 33.8. The van der Waals surface area contributed by atoms with E-state index in [1.165, 1.54) is 11.0 Å². The first-order valence-corrected chi connectivity index (χ1v) is 6.10. The molecule has 0 unspecified atom stereocenters. The molecule has 0 atom stereocenters. The molecule has 0 radical (unpaired) electrons. The highest BCUT2D eigenvalue weighted by Crippen LogP contribution is 2.25. The standard InChI is InChI=1S/C14H12N4O2/c1-8-16-5-4-10(17-8)7-18-13(19)11-3-2-9(15)6-12(11)14(18)20/h2-6H,7,15H2,1H3. The second kappa shape index (κ2) is 4.41. The molecule has 0 spiro atoms. The number of anilines is 1. The van der Waals surface area contributed by atoms with Crippen molar-refractivity contribution < 1.29 is 9.59 Å². The minimum absolute atomic E-state index is 0.135. The fourth-order valence-electron chi connectivity index (χ4n) is 2.21. The Morgan fingerprint density at radius 2 is 1.90 bits per heavy atom. The van der Waals surface area contributed by atoms with Crippen LogP contribution in [0.1, 0.15) is 32.2 Å². The first-order valence-electron chi connectivity index (χ1n) is 6.10. The van der Waals surface area contributed by atoms with Crippen LogP contribution in [-0.2, 0) is 6.54 Å². The fraction of sp³-hybridized carbons (Fsp3) is 0.143. The van der Waals surface area contributed by atoms with Gasteiger partial charge in [-0.15, -0.1) is 0 Å². The van der Waals surface area contributed by atoms with Gasteiger partial charge in [0.15, 0.2) is 0 Å². The number of nitrogen functional groups attached to an aromatic ring is 1. The third-order valence-electron chi connectivity index (χ3n) is 3.15. The minimum atomic E-state index is -0.339. The quantitative estimate of drug-likeness (QED) is 0.652. The van der Waals surface area contributed by atoms with E-state index in [-0.39, 0.29) is 18.4 Å². The van der Waals surface area contributed by atoms with Crippen molar-refractivity contribution in [3.63, 3.8) is 0 Å². The van der Waals surface area contributed by atoms with Gasteiger partial charge in [0.25, 0.3) is 11.8 Å². The summed E-state index contributed by atoms with van der Waals surface area (Å²) in [5, 5.41) is 0. The molecular weight excluding hydrogens is 256 g/mol. The van der Waals surface area contributed by atoms with Crippen LogP contribution in [0.5, 0.6) is 0 Å². The third-order valence-corrected chi connectivity index (χ3v) is 3.15. The number of nitrogens with two attached hydrogens (primary N) is 1. The minimum Gasteiger partial charge on any atom is -0.399 e. The Morgan fingerprint density at radius 3 is 2.65 bits per heavy atom. The van der Waals surface area contributed by atoms with Gasteiger partial charge in [0.2, 0.25) is 0 Å². The van der Waals surface area contributed by atoms with Crippen LogP contribution >= 0.6 is 0 Å². The Kier molecular flexibility index (Phi) is 2.71. The number of carbonyl (C=O) groups excluding carboxylic acids is 2. The van der Waals surface area contributed by atoms with Gasteiger partial charge in [-0.05, 0) is 31.2 Å². The van der Waals surface area contributed by atoms with Crippen LogP contribution in [0.2, 0.25) is 0 Å². The molecule has 2 heterocycles. The molecular formula is C14H12N4O2. The summed E-state index contributed by atoms with van der Waals surface area (Å²) in [6, 6.07) is 6.41. The molecule has 0 aliphatic carbocycles. The highest BCUT2D eigenvalue weighted by molar-refractivity contribution is 6.21. The van der Waals surface area contributed by atoms with Crippen LogP contribution < -0.4 is 5.73 Å². The lowest BCUT2D eigenvalue weighted by Crippen LogP contribution is -2.29. The molecule has 6 nitrogen and oxygen atoms in total. The molecule has 1 aliphatic rings. The van der Waals surface area contributed by atoms with Gasteiger partial charge in [-0.25, -0.2) is 9.97 Å². The van der Waals surface area contributed by atoms with Crippen LogP contribution in [0.3, 0.4) is 0 Å². The van der Waals surface area contributed by atoms with E-state index in [1.54, 1.807) is 31.3 Å². The topological polar surface area (TPSA) is 89.2 Å². The molecule has 0 saturated carbocycles. The number of hydrogen-bond acceptors (Lipinski definition) is 5. The van der Waals surface area contributed by atoms with E-state index in [1.807, 2.05) is 0 Å². The van der Waals surface area contributed by atoms with Crippen LogP contribution in [0, 0.1) is 6.92 Å². The molecule has 1 aromatic heterocycles. The summed E-state index contributed by atoms with van der Waals surface area (Å²) in [6.45, 7) is 1.89. The van der Waals surface area contributed by atoms with Crippen molar-refractivity contribution in [1.29, 1.82) is 0 Å². The van der Waals surface area contributed by atoms with Gasteiger partial charge in [-0.2, -0.15) is 0 Å². The molecule has 100 valence electrons.